The van der Waals surface area contributed by atoms with Gasteiger partial charge in [0.15, 0.2) is 5.78 Å². The fourth-order valence-electron chi connectivity index (χ4n) is 3.26. The molecule has 0 heterocycles. The van der Waals surface area contributed by atoms with E-state index in [2.05, 4.69) is 4.74 Å². The molecule has 1 atom stereocenters. The van der Waals surface area contributed by atoms with Crippen LogP contribution in [-0.2, 0) is 10.3 Å². The van der Waals surface area contributed by atoms with Crippen LogP contribution >= 0.6 is 0 Å². The molecule has 1 rings (SSSR count). The second kappa shape index (κ2) is 9.64. The summed E-state index contributed by atoms with van der Waals surface area (Å²) in [4.78, 5) is 11.7. The van der Waals surface area contributed by atoms with Crippen LogP contribution in [0.4, 0.5) is 74.6 Å². The summed E-state index contributed by atoms with van der Waals surface area (Å²) in [5.74, 6) is -58.0. The third kappa shape index (κ3) is 4.92. The summed E-state index contributed by atoms with van der Waals surface area (Å²) in [6.45, 7) is 1.22. The zero-order chi connectivity index (χ0) is 31.5. The molecular formula is C20H15F17O2. The summed E-state index contributed by atoms with van der Waals surface area (Å²) in [6, 6.07) is 3.70. The Hall–Kier alpha value is -2.34. The average Bonchev–Trinajstić information content (AvgIpc) is 2.77. The maximum atomic E-state index is 14.5. The minimum Gasteiger partial charge on any atom is -0.374 e. The lowest BCUT2D eigenvalue weighted by Crippen LogP contribution is -2.74. The Morgan fingerprint density at radius 2 is 1.00 bits per heavy atom. The molecule has 2 nitrogen and oxygen atoms in total. The lowest BCUT2D eigenvalue weighted by atomic mass is 9.81. The molecular weight excluding hydrogens is 595 g/mol. The summed E-state index contributed by atoms with van der Waals surface area (Å²) in [6.07, 6.45) is -10.7. The van der Waals surface area contributed by atoms with Crippen LogP contribution in [0.15, 0.2) is 24.3 Å². The lowest BCUT2D eigenvalue weighted by molar-refractivity contribution is -0.462. The SMILES string of the molecule is COC(C)(CC(F)(F)C(F)(F)C(F)(F)C(F)(F)C(F)(F)C(F)(F)C(F)(F)C(F)(F)F)c1ccccc1C(C)=O. The normalized spacial score (nSPS) is 16.7. The van der Waals surface area contributed by atoms with E-state index in [1.54, 1.807) is 0 Å². The minimum absolute atomic E-state index is 0.418. The number of hydrogen-bond acceptors (Lipinski definition) is 2. The second-order valence-electron chi connectivity index (χ2n) is 8.36. The van der Waals surface area contributed by atoms with Crippen molar-refractivity contribution in [2.45, 2.75) is 73.5 Å². The van der Waals surface area contributed by atoms with Gasteiger partial charge in [0.05, 0.1) is 12.0 Å². The Bertz CT molecular complexity index is 1060. The number of benzene rings is 1. The van der Waals surface area contributed by atoms with E-state index in [-0.39, 0.29) is 0 Å². The number of hydrogen-bond donors (Lipinski definition) is 0. The maximum absolute atomic E-state index is 14.5. The van der Waals surface area contributed by atoms with Crippen LogP contribution < -0.4 is 0 Å². The van der Waals surface area contributed by atoms with E-state index < -0.39 is 76.6 Å². The van der Waals surface area contributed by atoms with Gasteiger partial charge in [0.25, 0.3) is 0 Å². The van der Waals surface area contributed by atoms with Gasteiger partial charge in [-0.1, -0.05) is 24.3 Å². The van der Waals surface area contributed by atoms with Crippen LogP contribution in [0.1, 0.15) is 36.2 Å². The molecule has 0 saturated heterocycles. The number of carbonyl (C=O) groups is 1. The molecule has 0 N–H and O–H groups in total. The fourth-order valence-corrected chi connectivity index (χ4v) is 3.26. The van der Waals surface area contributed by atoms with Crippen molar-refractivity contribution in [1.82, 2.24) is 0 Å². The van der Waals surface area contributed by atoms with Crippen molar-refractivity contribution < 1.29 is 84.2 Å². The third-order valence-electron chi connectivity index (χ3n) is 5.67. The summed E-state index contributed by atoms with van der Waals surface area (Å²) in [5.41, 5.74) is -4.33. The molecule has 0 saturated carbocycles. The van der Waals surface area contributed by atoms with Crippen LogP contribution in [-0.4, -0.2) is 60.5 Å². The fraction of sp³-hybridized carbons (Fsp3) is 0.650. The standard InChI is InChI=1S/C20H15F17O2/c1-9(38)10-6-4-5-7-11(10)12(2,39-3)8-13(21,22)14(23,24)15(25,26)16(27,28)17(29,30)18(31,32)19(33,34)20(35,36)37/h4-7H,8H2,1-3H3. The van der Waals surface area contributed by atoms with E-state index >= 15 is 0 Å². The lowest BCUT2D eigenvalue weighted by Gasteiger charge is -2.44. The summed E-state index contributed by atoms with van der Waals surface area (Å²) in [5, 5.41) is 0. The van der Waals surface area contributed by atoms with Crippen molar-refractivity contribution in [1.29, 1.82) is 0 Å². The molecule has 0 aliphatic rings. The van der Waals surface area contributed by atoms with Gasteiger partial charge in [-0.25, -0.2) is 0 Å². The van der Waals surface area contributed by atoms with E-state index in [1.807, 2.05) is 0 Å². The molecule has 1 aromatic carbocycles. The number of ketones is 1. The first-order valence-electron chi connectivity index (χ1n) is 9.81. The van der Waals surface area contributed by atoms with Crippen LogP contribution in [0.2, 0.25) is 0 Å². The Balaban J connectivity index is 3.74. The van der Waals surface area contributed by atoms with Crippen molar-refractivity contribution >= 4 is 5.78 Å². The highest BCUT2D eigenvalue weighted by Crippen LogP contribution is 2.64. The minimum atomic E-state index is -8.70. The predicted molar refractivity (Wildman–Crippen MR) is 96.1 cm³/mol. The highest BCUT2D eigenvalue weighted by atomic mass is 19.4. The highest BCUT2D eigenvalue weighted by molar-refractivity contribution is 5.95. The maximum Gasteiger partial charge on any atom is 0.460 e. The van der Waals surface area contributed by atoms with Gasteiger partial charge in [-0.2, -0.15) is 74.6 Å². The van der Waals surface area contributed by atoms with E-state index in [9.17, 15) is 79.4 Å². The summed E-state index contributed by atoms with van der Waals surface area (Å²) in [7, 11) is 0.464. The predicted octanol–water partition coefficient (Wildman–Crippen LogP) is 8.15. The molecule has 0 radical (unpaired) electrons. The molecule has 1 aromatic rings. The Labute approximate surface area is 207 Å². The van der Waals surface area contributed by atoms with Crippen molar-refractivity contribution in [3.8, 4) is 0 Å². The first kappa shape index (κ1) is 34.7. The number of methoxy groups -OCH3 is 1. The van der Waals surface area contributed by atoms with Crippen LogP contribution in [0.3, 0.4) is 0 Å². The largest absolute Gasteiger partial charge is 0.460 e. The van der Waals surface area contributed by atoms with Gasteiger partial charge in [0, 0.05) is 12.7 Å². The number of rotatable bonds is 11. The summed E-state index contributed by atoms with van der Waals surface area (Å²) >= 11 is 0. The van der Waals surface area contributed by atoms with Crippen LogP contribution in [0.25, 0.3) is 0 Å². The zero-order valence-corrected chi connectivity index (χ0v) is 19.3. The van der Waals surface area contributed by atoms with E-state index in [0.29, 0.717) is 14.0 Å². The molecule has 0 aromatic heterocycles. The van der Waals surface area contributed by atoms with Crippen molar-refractivity contribution in [2.24, 2.45) is 0 Å². The van der Waals surface area contributed by atoms with Gasteiger partial charge < -0.3 is 4.74 Å². The number of carbonyl (C=O) groups excluding carboxylic acids is 1. The molecule has 0 fully saturated rings. The molecule has 0 aliphatic carbocycles. The number of ether oxygens (including phenoxy) is 1. The molecule has 0 spiro atoms. The topological polar surface area (TPSA) is 26.3 Å². The number of Topliss-reactive ketones (excluding diaryl/α,β-unsaturated/α-hetero) is 1. The zero-order valence-electron chi connectivity index (χ0n) is 19.3. The Morgan fingerprint density at radius 1 is 0.641 bits per heavy atom. The van der Waals surface area contributed by atoms with Crippen molar-refractivity contribution in [3.05, 3.63) is 35.4 Å². The summed E-state index contributed by atoms with van der Waals surface area (Å²) < 4.78 is 234. The van der Waals surface area contributed by atoms with Gasteiger partial charge in [-0.15, -0.1) is 0 Å². The van der Waals surface area contributed by atoms with Crippen LogP contribution in [0, 0.1) is 0 Å². The Kier molecular flexibility index (Phi) is 8.57. The van der Waals surface area contributed by atoms with Crippen molar-refractivity contribution in [2.75, 3.05) is 7.11 Å². The van der Waals surface area contributed by atoms with E-state index in [1.165, 1.54) is 0 Å². The van der Waals surface area contributed by atoms with Gasteiger partial charge in [0.2, 0.25) is 0 Å². The molecule has 19 heteroatoms. The van der Waals surface area contributed by atoms with Crippen LogP contribution in [0.5, 0.6) is 0 Å². The molecule has 1 unspecified atom stereocenters. The van der Waals surface area contributed by atoms with Gasteiger partial charge >= 0.3 is 47.6 Å². The first-order valence-corrected chi connectivity index (χ1v) is 9.81. The molecule has 0 amide bonds. The second-order valence-corrected chi connectivity index (χ2v) is 8.36. The monoisotopic (exact) mass is 610 g/mol. The first-order chi connectivity index (χ1) is 16.9. The number of halogens is 17. The quantitative estimate of drug-likeness (QED) is 0.187. The molecule has 0 bridgehead atoms. The smallest absolute Gasteiger partial charge is 0.374 e. The van der Waals surface area contributed by atoms with Gasteiger partial charge in [-0.3, -0.25) is 4.79 Å². The Morgan fingerprint density at radius 3 is 1.36 bits per heavy atom. The molecule has 39 heavy (non-hydrogen) atoms. The molecule has 0 aliphatic heterocycles. The van der Waals surface area contributed by atoms with Gasteiger partial charge in [-0.05, 0) is 19.4 Å². The third-order valence-corrected chi connectivity index (χ3v) is 5.67. The highest BCUT2D eigenvalue weighted by Gasteiger charge is 2.95. The molecule has 226 valence electrons. The van der Waals surface area contributed by atoms with E-state index in [4.69, 9.17) is 0 Å². The number of alkyl halides is 17. The van der Waals surface area contributed by atoms with Crippen molar-refractivity contribution in [3.63, 3.8) is 0 Å². The van der Waals surface area contributed by atoms with E-state index in [0.717, 1.165) is 31.2 Å². The van der Waals surface area contributed by atoms with Gasteiger partial charge in [0.1, 0.15) is 0 Å². The average molecular weight is 610 g/mol.